The molecule has 0 saturated heterocycles. The molecule has 0 N–H and O–H groups in total. The number of fused-ring (bicyclic) bond motifs is 1. The van der Waals surface area contributed by atoms with E-state index in [0.29, 0.717) is 22.5 Å². The second-order valence-corrected chi connectivity index (χ2v) is 14.2. The van der Waals surface area contributed by atoms with Gasteiger partial charge in [0.25, 0.3) is 0 Å². The molecule has 29 heavy (non-hydrogen) atoms. The standard InChI is InChI=1S/C26H31NOSi/c1-19(2)29(20(3)4,21(5)6)18-16-23-15-14-22-11-7-8-12-24(22)26(23)28-25-13-9-10-17-27-25/h7-15,17,19-21H,1-6H3. The predicted octanol–water partition coefficient (Wildman–Crippen LogP) is 7.60. The first-order valence-corrected chi connectivity index (χ1v) is 12.7. The third-order valence-corrected chi connectivity index (χ3v) is 12.3. The fourth-order valence-corrected chi connectivity index (χ4v) is 9.79. The quantitative estimate of drug-likeness (QED) is 0.324. The summed E-state index contributed by atoms with van der Waals surface area (Å²) in [6, 6.07) is 18.2. The van der Waals surface area contributed by atoms with Crippen molar-refractivity contribution in [3.8, 4) is 23.1 Å². The van der Waals surface area contributed by atoms with Gasteiger partial charge in [-0.05, 0) is 34.1 Å². The average molecular weight is 402 g/mol. The number of pyridine rings is 1. The SMILES string of the molecule is CC(C)[Si](C#Cc1ccc2ccccc2c1Oc1ccccn1)(C(C)C)C(C)C. The molecule has 0 amide bonds. The molecule has 3 heteroatoms. The third-order valence-electron chi connectivity index (χ3n) is 6.00. The molecule has 0 unspecified atom stereocenters. The zero-order chi connectivity index (χ0) is 21.0. The summed E-state index contributed by atoms with van der Waals surface area (Å²) in [6.07, 6.45) is 1.75. The van der Waals surface area contributed by atoms with Crippen molar-refractivity contribution >= 4 is 18.8 Å². The molecule has 1 heterocycles. The number of aromatic nitrogens is 1. The van der Waals surface area contributed by atoms with Crippen molar-refractivity contribution in [3.05, 3.63) is 66.4 Å². The molecular formula is C26H31NOSi. The first kappa shape index (κ1) is 21.1. The van der Waals surface area contributed by atoms with Gasteiger partial charge in [0, 0.05) is 17.6 Å². The first-order chi connectivity index (χ1) is 13.9. The van der Waals surface area contributed by atoms with Gasteiger partial charge < -0.3 is 4.74 Å². The van der Waals surface area contributed by atoms with Crippen LogP contribution in [0, 0.1) is 11.5 Å². The van der Waals surface area contributed by atoms with Crippen molar-refractivity contribution < 1.29 is 4.74 Å². The molecule has 0 fully saturated rings. The minimum atomic E-state index is -1.83. The van der Waals surface area contributed by atoms with E-state index in [2.05, 4.69) is 82.3 Å². The van der Waals surface area contributed by atoms with Crippen LogP contribution in [0.3, 0.4) is 0 Å². The van der Waals surface area contributed by atoms with Crippen LogP contribution in [0.4, 0.5) is 0 Å². The molecule has 2 aromatic carbocycles. The predicted molar refractivity (Wildman–Crippen MR) is 126 cm³/mol. The van der Waals surface area contributed by atoms with Gasteiger partial charge in [-0.15, -0.1) is 5.54 Å². The summed E-state index contributed by atoms with van der Waals surface area (Å²) < 4.78 is 6.27. The molecule has 0 bridgehead atoms. The number of benzene rings is 2. The Labute approximate surface area is 176 Å². The fourth-order valence-electron chi connectivity index (χ4n) is 4.57. The zero-order valence-electron chi connectivity index (χ0n) is 18.4. The van der Waals surface area contributed by atoms with Crippen molar-refractivity contribution in [2.75, 3.05) is 0 Å². The minimum absolute atomic E-state index is 0.590. The highest BCUT2D eigenvalue weighted by Gasteiger charge is 2.41. The van der Waals surface area contributed by atoms with Crippen molar-refractivity contribution in [1.29, 1.82) is 0 Å². The van der Waals surface area contributed by atoms with Gasteiger partial charge in [0.1, 0.15) is 8.07 Å². The Morgan fingerprint density at radius 3 is 2.07 bits per heavy atom. The second-order valence-electron chi connectivity index (χ2n) is 8.58. The smallest absolute Gasteiger partial charge is 0.219 e. The van der Waals surface area contributed by atoms with Gasteiger partial charge in [0.2, 0.25) is 5.88 Å². The average Bonchev–Trinajstić information content (AvgIpc) is 2.69. The largest absolute Gasteiger partial charge is 0.437 e. The topological polar surface area (TPSA) is 22.1 Å². The molecule has 0 aliphatic heterocycles. The Kier molecular flexibility index (Phi) is 6.45. The monoisotopic (exact) mass is 401 g/mol. The Bertz CT molecular complexity index is 1010. The van der Waals surface area contributed by atoms with E-state index in [-0.39, 0.29) is 0 Å². The minimum Gasteiger partial charge on any atom is -0.437 e. The van der Waals surface area contributed by atoms with Gasteiger partial charge >= 0.3 is 0 Å². The van der Waals surface area contributed by atoms with E-state index >= 15 is 0 Å². The molecule has 2 nitrogen and oxygen atoms in total. The molecule has 0 aliphatic carbocycles. The van der Waals surface area contributed by atoms with E-state index < -0.39 is 8.07 Å². The van der Waals surface area contributed by atoms with Crippen LogP contribution in [0.1, 0.15) is 47.1 Å². The second kappa shape index (κ2) is 8.84. The Hall–Kier alpha value is -2.57. The highest BCUT2D eigenvalue weighted by molar-refractivity contribution is 6.90. The van der Waals surface area contributed by atoms with E-state index in [1.54, 1.807) is 6.20 Å². The lowest BCUT2D eigenvalue weighted by molar-refractivity contribution is 0.467. The van der Waals surface area contributed by atoms with Crippen molar-refractivity contribution in [3.63, 3.8) is 0 Å². The third kappa shape index (κ3) is 4.23. The van der Waals surface area contributed by atoms with Crippen LogP contribution in [-0.4, -0.2) is 13.1 Å². The first-order valence-electron chi connectivity index (χ1n) is 10.5. The van der Waals surface area contributed by atoms with Gasteiger partial charge in [-0.25, -0.2) is 4.98 Å². The maximum Gasteiger partial charge on any atom is 0.219 e. The summed E-state index contributed by atoms with van der Waals surface area (Å²) >= 11 is 0. The normalized spacial score (nSPS) is 11.8. The van der Waals surface area contributed by atoms with Crippen molar-refractivity contribution in [2.45, 2.75) is 58.2 Å². The molecule has 0 spiro atoms. The summed E-state index contributed by atoms with van der Waals surface area (Å²) in [5, 5.41) is 2.21. The summed E-state index contributed by atoms with van der Waals surface area (Å²) in [6.45, 7) is 14.0. The van der Waals surface area contributed by atoms with Gasteiger partial charge in [-0.3, -0.25) is 0 Å². The summed E-state index contributed by atoms with van der Waals surface area (Å²) in [7, 11) is -1.83. The zero-order valence-corrected chi connectivity index (χ0v) is 19.4. The van der Waals surface area contributed by atoms with Crippen LogP contribution < -0.4 is 4.74 Å². The molecule has 1 aromatic heterocycles. The molecule has 150 valence electrons. The van der Waals surface area contributed by atoms with Crippen LogP contribution in [0.15, 0.2) is 60.8 Å². The van der Waals surface area contributed by atoms with Crippen LogP contribution in [-0.2, 0) is 0 Å². The Balaban J connectivity index is 2.18. The molecule has 0 saturated carbocycles. The van der Waals surface area contributed by atoms with Crippen LogP contribution in [0.25, 0.3) is 10.8 Å². The van der Waals surface area contributed by atoms with Crippen molar-refractivity contribution in [1.82, 2.24) is 4.98 Å². The van der Waals surface area contributed by atoms with E-state index in [1.165, 1.54) is 0 Å². The van der Waals surface area contributed by atoms with E-state index in [9.17, 15) is 0 Å². The Morgan fingerprint density at radius 2 is 1.45 bits per heavy atom. The lowest BCUT2D eigenvalue weighted by Crippen LogP contribution is -2.43. The van der Waals surface area contributed by atoms with Crippen LogP contribution in [0.2, 0.25) is 16.6 Å². The Morgan fingerprint density at radius 1 is 0.793 bits per heavy atom. The molecule has 3 rings (SSSR count). The number of ether oxygens (including phenoxy) is 1. The lowest BCUT2D eigenvalue weighted by atomic mass is 10.1. The number of nitrogens with zero attached hydrogens (tertiary/aromatic N) is 1. The molecule has 0 aliphatic rings. The highest BCUT2D eigenvalue weighted by Crippen LogP contribution is 2.41. The van der Waals surface area contributed by atoms with Gasteiger partial charge in [0.05, 0.1) is 5.56 Å². The van der Waals surface area contributed by atoms with Crippen LogP contribution in [0.5, 0.6) is 11.6 Å². The van der Waals surface area contributed by atoms with Gasteiger partial charge in [0.15, 0.2) is 5.75 Å². The highest BCUT2D eigenvalue weighted by atomic mass is 28.3. The summed E-state index contributed by atoms with van der Waals surface area (Å²) in [4.78, 5) is 4.35. The van der Waals surface area contributed by atoms with E-state index in [1.807, 2.05) is 30.3 Å². The number of rotatable bonds is 5. The number of hydrogen-bond donors (Lipinski definition) is 0. The van der Waals surface area contributed by atoms with E-state index in [4.69, 9.17) is 4.74 Å². The molecule has 0 atom stereocenters. The number of hydrogen-bond acceptors (Lipinski definition) is 2. The molecule has 3 aromatic rings. The molecule has 0 radical (unpaired) electrons. The van der Waals surface area contributed by atoms with Gasteiger partial charge in [-0.1, -0.05) is 83.9 Å². The van der Waals surface area contributed by atoms with Gasteiger partial charge in [-0.2, -0.15) is 0 Å². The molecular weight excluding hydrogens is 370 g/mol. The maximum absolute atomic E-state index is 6.27. The fraction of sp³-hybridized carbons (Fsp3) is 0.346. The summed E-state index contributed by atoms with van der Waals surface area (Å²) in [5.41, 5.74) is 6.54. The summed E-state index contributed by atoms with van der Waals surface area (Å²) in [5.74, 6) is 4.96. The van der Waals surface area contributed by atoms with Crippen LogP contribution >= 0.6 is 0 Å². The lowest BCUT2D eigenvalue weighted by Gasteiger charge is -2.38. The van der Waals surface area contributed by atoms with E-state index in [0.717, 1.165) is 22.1 Å². The van der Waals surface area contributed by atoms with Crippen molar-refractivity contribution in [2.24, 2.45) is 0 Å². The maximum atomic E-state index is 6.27.